The molecule has 0 saturated carbocycles. The molecule has 1 saturated heterocycles. The molecule has 1 aromatic carbocycles. The molecule has 0 aromatic heterocycles. The van der Waals surface area contributed by atoms with Gasteiger partial charge in [0.1, 0.15) is 0 Å². The van der Waals surface area contributed by atoms with Gasteiger partial charge in [0.15, 0.2) is 0 Å². The number of rotatable bonds is 4. The Bertz CT molecular complexity index is 424. The predicted molar refractivity (Wildman–Crippen MR) is 67.5 cm³/mol. The molecule has 2 unspecified atom stereocenters. The van der Waals surface area contributed by atoms with Gasteiger partial charge in [-0.25, -0.2) is 0 Å². The topological polar surface area (TPSA) is 29.1 Å². The fourth-order valence-corrected chi connectivity index (χ4v) is 4.61. The summed E-state index contributed by atoms with van der Waals surface area (Å²) in [5.41, 5.74) is 0. The van der Waals surface area contributed by atoms with E-state index in [0.29, 0.717) is 6.54 Å². The van der Waals surface area contributed by atoms with Gasteiger partial charge in [-0.2, -0.15) is 0 Å². The molecule has 1 amide bonds. The fourth-order valence-electron chi connectivity index (χ4n) is 1.93. The van der Waals surface area contributed by atoms with Crippen LogP contribution in [0.25, 0.3) is 0 Å². The molecule has 1 aliphatic rings. The standard InChI is InChI=1S/C12H12ClF2NOSe/c13-12(14,15)6-8-7-16-11(17)10(8)18-9-4-2-1-3-5-9/h1-5,8,10H,6-7H2,(H,16,17). The second-order valence-electron chi connectivity index (χ2n) is 4.18. The number of alkyl halides is 3. The summed E-state index contributed by atoms with van der Waals surface area (Å²) in [6.45, 7) is 0.292. The number of hydrogen-bond acceptors (Lipinski definition) is 1. The third kappa shape index (κ3) is 3.67. The maximum absolute atomic E-state index is 12.8. The molecule has 2 atom stereocenters. The number of amides is 1. The van der Waals surface area contributed by atoms with E-state index in [1.54, 1.807) is 0 Å². The normalized spacial score (nSPS) is 24.1. The first-order chi connectivity index (χ1) is 8.46. The molecular formula is C12H12ClF2NOSe. The molecule has 98 valence electrons. The Morgan fingerprint density at radius 1 is 1.39 bits per heavy atom. The molecule has 0 radical (unpaired) electrons. The minimum absolute atomic E-state index is 0.134. The van der Waals surface area contributed by atoms with Crippen molar-refractivity contribution in [3.63, 3.8) is 0 Å². The van der Waals surface area contributed by atoms with Gasteiger partial charge in [-0.3, -0.25) is 0 Å². The van der Waals surface area contributed by atoms with Gasteiger partial charge in [0.05, 0.1) is 0 Å². The SMILES string of the molecule is O=C1NCC(CC(F)(F)Cl)C1[Se]c1ccccc1. The molecule has 1 aromatic rings. The van der Waals surface area contributed by atoms with Crippen LogP contribution in [-0.4, -0.2) is 32.8 Å². The summed E-state index contributed by atoms with van der Waals surface area (Å²) in [6.07, 6.45) is -0.452. The van der Waals surface area contributed by atoms with Gasteiger partial charge in [-0.15, -0.1) is 0 Å². The molecule has 1 N–H and O–H groups in total. The van der Waals surface area contributed by atoms with Crippen LogP contribution in [0, 0.1) is 5.92 Å². The van der Waals surface area contributed by atoms with Crippen LogP contribution < -0.4 is 9.78 Å². The van der Waals surface area contributed by atoms with E-state index in [9.17, 15) is 13.6 Å². The maximum atomic E-state index is 12.8. The van der Waals surface area contributed by atoms with Crippen molar-refractivity contribution in [2.45, 2.75) is 16.6 Å². The fraction of sp³-hybridized carbons (Fsp3) is 0.417. The molecule has 1 aliphatic heterocycles. The van der Waals surface area contributed by atoms with Crippen LogP contribution in [0.1, 0.15) is 6.42 Å². The van der Waals surface area contributed by atoms with Gasteiger partial charge >= 0.3 is 115 Å². The minimum atomic E-state index is -3.23. The molecule has 1 heterocycles. The first-order valence-corrected chi connectivity index (χ1v) is 7.74. The first-order valence-electron chi connectivity index (χ1n) is 5.52. The molecule has 2 nitrogen and oxygen atoms in total. The van der Waals surface area contributed by atoms with Crippen LogP contribution in [0.4, 0.5) is 8.78 Å². The molecule has 1 fully saturated rings. The van der Waals surface area contributed by atoms with Crippen molar-refractivity contribution in [1.29, 1.82) is 0 Å². The molecule has 18 heavy (non-hydrogen) atoms. The summed E-state index contributed by atoms with van der Waals surface area (Å²) in [7, 11) is 0. The second-order valence-corrected chi connectivity index (χ2v) is 7.28. The Kier molecular flexibility index (Phi) is 4.25. The van der Waals surface area contributed by atoms with Crippen molar-refractivity contribution in [1.82, 2.24) is 5.32 Å². The van der Waals surface area contributed by atoms with Crippen molar-refractivity contribution in [2.75, 3.05) is 6.54 Å². The van der Waals surface area contributed by atoms with E-state index in [1.807, 2.05) is 30.3 Å². The van der Waals surface area contributed by atoms with E-state index in [2.05, 4.69) is 5.32 Å². The quantitative estimate of drug-likeness (QED) is 0.658. The summed E-state index contributed by atoms with van der Waals surface area (Å²) >= 11 is 4.82. The van der Waals surface area contributed by atoms with Crippen LogP contribution in [-0.2, 0) is 4.79 Å². The van der Waals surface area contributed by atoms with Gasteiger partial charge in [0.2, 0.25) is 0 Å². The summed E-state index contributed by atoms with van der Waals surface area (Å²) < 4.78 is 26.7. The number of nitrogens with one attached hydrogen (secondary N) is 1. The Labute approximate surface area is 115 Å². The molecule has 0 aliphatic carbocycles. The van der Waals surface area contributed by atoms with E-state index < -0.39 is 11.8 Å². The average molecular weight is 339 g/mol. The van der Waals surface area contributed by atoms with Crippen LogP contribution >= 0.6 is 11.6 Å². The van der Waals surface area contributed by atoms with Gasteiger partial charge in [0.25, 0.3) is 0 Å². The van der Waals surface area contributed by atoms with E-state index in [1.165, 1.54) is 0 Å². The van der Waals surface area contributed by atoms with Crippen molar-refractivity contribution < 1.29 is 13.6 Å². The average Bonchev–Trinajstić information content (AvgIpc) is 2.61. The van der Waals surface area contributed by atoms with Crippen molar-refractivity contribution in [3.05, 3.63) is 30.3 Å². The summed E-state index contributed by atoms with van der Waals surface area (Å²) in [5, 5.41) is -0.587. The zero-order valence-corrected chi connectivity index (χ0v) is 11.9. The van der Waals surface area contributed by atoms with Crippen LogP contribution in [0.5, 0.6) is 0 Å². The number of hydrogen-bond donors (Lipinski definition) is 1. The molecule has 0 bridgehead atoms. The number of carbonyl (C=O) groups is 1. The van der Waals surface area contributed by atoms with E-state index in [-0.39, 0.29) is 31.6 Å². The van der Waals surface area contributed by atoms with Gasteiger partial charge in [-0.05, 0) is 0 Å². The first kappa shape index (κ1) is 13.8. The Balaban J connectivity index is 2.06. The summed E-state index contributed by atoms with van der Waals surface area (Å²) in [5.74, 6) is -0.519. The third-order valence-electron chi connectivity index (χ3n) is 2.72. The van der Waals surface area contributed by atoms with Crippen molar-refractivity contribution in [2.24, 2.45) is 5.92 Å². The van der Waals surface area contributed by atoms with E-state index >= 15 is 0 Å². The Hall–Kier alpha value is -0.641. The summed E-state index contributed by atoms with van der Waals surface area (Å²) in [4.78, 5) is 11.3. The third-order valence-corrected chi connectivity index (χ3v) is 5.81. The summed E-state index contributed by atoms with van der Waals surface area (Å²) in [6, 6.07) is 9.49. The zero-order chi connectivity index (χ0) is 13.2. The monoisotopic (exact) mass is 339 g/mol. The van der Waals surface area contributed by atoms with E-state index in [0.717, 1.165) is 4.46 Å². The van der Waals surface area contributed by atoms with Crippen LogP contribution in [0.2, 0.25) is 4.82 Å². The van der Waals surface area contributed by atoms with Crippen molar-refractivity contribution in [3.8, 4) is 0 Å². The van der Waals surface area contributed by atoms with Crippen molar-refractivity contribution >= 4 is 36.9 Å². The van der Waals surface area contributed by atoms with E-state index in [4.69, 9.17) is 11.6 Å². The van der Waals surface area contributed by atoms with Gasteiger partial charge in [0, 0.05) is 0 Å². The Morgan fingerprint density at radius 3 is 2.67 bits per heavy atom. The predicted octanol–water partition coefficient (Wildman–Crippen LogP) is 1.77. The number of carbonyl (C=O) groups excluding carboxylic acids is 1. The molecular weight excluding hydrogens is 327 g/mol. The van der Waals surface area contributed by atoms with Crippen LogP contribution in [0.3, 0.4) is 0 Å². The van der Waals surface area contributed by atoms with Crippen LogP contribution in [0.15, 0.2) is 30.3 Å². The zero-order valence-electron chi connectivity index (χ0n) is 9.41. The Morgan fingerprint density at radius 2 is 2.06 bits per heavy atom. The molecule has 6 heteroatoms. The number of benzene rings is 1. The molecule has 0 spiro atoms. The van der Waals surface area contributed by atoms with Gasteiger partial charge < -0.3 is 0 Å². The van der Waals surface area contributed by atoms with Gasteiger partial charge in [-0.1, -0.05) is 0 Å². The number of halogens is 3. The second kappa shape index (κ2) is 5.55. The molecule has 2 rings (SSSR count).